The van der Waals surface area contributed by atoms with Crippen LogP contribution in [0, 0.1) is 6.92 Å². The fraction of sp³-hybridized carbons (Fsp3) is 0.261. The van der Waals surface area contributed by atoms with Crippen LogP contribution in [0.4, 0.5) is 0 Å². The van der Waals surface area contributed by atoms with Crippen LogP contribution in [0.25, 0.3) is 27.7 Å². The van der Waals surface area contributed by atoms with Gasteiger partial charge in [-0.25, -0.2) is 0 Å². The van der Waals surface area contributed by atoms with Gasteiger partial charge in [0, 0.05) is 42.2 Å². The summed E-state index contributed by atoms with van der Waals surface area (Å²) in [6.45, 7) is 6.43. The van der Waals surface area contributed by atoms with Gasteiger partial charge in [-0.3, -0.25) is 4.79 Å². The van der Waals surface area contributed by atoms with Crippen molar-refractivity contribution >= 4 is 22.4 Å². The lowest BCUT2D eigenvalue weighted by molar-refractivity contribution is -0.123. The fourth-order valence-corrected chi connectivity index (χ4v) is 3.17. The standard InChI is InChI=1S/C23H25NO3/c1-6-26-22-16(3)23-19(13-18(22)15(2)12-21(25)24(4)5)20(14-27-23)17-10-8-7-9-11-17/h7-14H,6H2,1-5H3/b15-12+. The number of fused-ring (bicyclic) bond motifs is 1. The SMILES string of the molecule is CCOc1c(/C(C)=C/C(=O)N(C)C)cc2c(-c3ccccc3)coc2c1C. The van der Waals surface area contributed by atoms with Crippen LogP contribution in [-0.4, -0.2) is 31.5 Å². The van der Waals surface area contributed by atoms with Gasteiger partial charge in [-0.15, -0.1) is 0 Å². The van der Waals surface area contributed by atoms with Crippen molar-refractivity contribution in [1.29, 1.82) is 0 Å². The lowest BCUT2D eigenvalue weighted by Gasteiger charge is -2.15. The summed E-state index contributed by atoms with van der Waals surface area (Å²) in [5.41, 5.74) is 5.66. The molecule has 0 saturated heterocycles. The Morgan fingerprint density at radius 2 is 1.93 bits per heavy atom. The Hall–Kier alpha value is -3.01. The number of aryl methyl sites for hydroxylation is 1. The first-order valence-electron chi connectivity index (χ1n) is 9.07. The molecule has 0 saturated carbocycles. The number of carbonyl (C=O) groups is 1. The Labute approximate surface area is 160 Å². The molecule has 0 N–H and O–H groups in total. The monoisotopic (exact) mass is 363 g/mol. The molecule has 0 unspecified atom stereocenters. The fourth-order valence-electron chi connectivity index (χ4n) is 3.17. The summed E-state index contributed by atoms with van der Waals surface area (Å²) in [4.78, 5) is 13.7. The van der Waals surface area contributed by atoms with Gasteiger partial charge in [0.25, 0.3) is 0 Å². The predicted octanol–water partition coefficient (Wildman–Crippen LogP) is 5.30. The van der Waals surface area contributed by atoms with E-state index >= 15 is 0 Å². The van der Waals surface area contributed by atoms with Crippen LogP contribution in [0.2, 0.25) is 0 Å². The zero-order chi connectivity index (χ0) is 19.6. The molecular weight excluding hydrogens is 338 g/mol. The van der Waals surface area contributed by atoms with Gasteiger partial charge in [-0.1, -0.05) is 30.3 Å². The molecule has 0 aliphatic heterocycles. The second-order valence-corrected chi connectivity index (χ2v) is 6.76. The van der Waals surface area contributed by atoms with E-state index in [0.29, 0.717) is 6.61 Å². The van der Waals surface area contributed by atoms with Crippen LogP contribution in [0.5, 0.6) is 5.75 Å². The molecule has 0 bridgehead atoms. The Kier molecular flexibility index (Phi) is 5.36. The summed E-state index contributed by atoms with van der Waals surface area (Å²) < 4.78 is 11.8. The van der Waals surface area contributed by atoms with E-state index in [1.54, 1.807) is 31.3 Å². The van der Waals surface area contributed by atoms with Crippen molar-refractivity contribution < 1.29 is 13.9 Å². The topological polar surface area (TPSA) is 42.7 Å². The second kappa shape index (κ2) is 7.70. The number of amides is 1. The Morgan fingerprint density at radius 1 is 1.22 bits per heavy atom. The zero-order valence-corrected chi connectivity index (χ0v) is 16.5. The van der Waals surface area contributed by atoms with Crippen molar-refractivity contribution in [2.24, 2.45) is 0 Å². The Morgan fingerprint density at radius 3 is 2.56 bits per heavy atom. The summed E-state index contributed by atoms with van der Waals surface area (Å²) in [5, 5.41) is 1.02. The van der Waals surface area contributed by atoms with Crippen LogP contribution in [-0.2, 0) is 4.79 Å². The van der Waals surface area contributed by atoms with E-state index in [2.05, 4.69) is 18.2 Å². The molecule has 4 heteroatoms. The number of likely N-dealkylation sites (N-methyl/N-ethyl adjacent to an activating group) is 1. The molecule has 0 spiro atoms. The van der Waals surface area contributed by atoms with Crippen molar-refractivity contribution in [3.8, 4) is 16.9 Å². The van der Waals surface area contributed by atoms with Crippen LogP contribution in [0.1, 0.15) is 25.0 Å². The third kappa shape index (κ3) is 3.61. The molecule has 0 aliphatic rings. The van der Waals surface area contributed by atoms with Crippen LogP contribution >= 0.6 is 0 Å². The van der Waals surface area contributed by atoms with Gasteiger partial charge in [-0.05, 0) is 38.0 Å². The number of furan rings is 1. The van der Waals surface area contributed by atoms with Gasteiger partial charge in [0.1, 0.15) is 11.3 Å². The predicted molar refractivity (Wildman–Crippen MR) is 110 cm³/mol. The molecule has 3 rings (SSSR count). The van der Waals surface area contributed by atoms with E-state index < -0.39 is 0 Å². The highest BCUT2D eigenvalue weighted by Crippen LogP contribution is 2.40. The van der Waals surface area contributed by atoms with Gasteiger partial charge < -0.3 is 14.1 Å². The first kappa shape index (κ1) is 18.8. The normalized spacial score (nSPS) is 11.7. The van der Waals surface area contributed by atoms with Gasteiger partial charge in [0.15, 0.2) is 0 Å². The minimum absolute atomic E-state index is 0.0526. The van der Waals surface area contributed by atoms with Crippen molar-refractivity contribution in [3.63, 3.8) is 0 Å². The minimum Gasteiger partial charge on any atom is -0.493 e. The number of rotatable bonds is 5. The molecule has 140 valence electrons. The number of ether oxygens (including phenoxy) is 1. The summed E-state index contributed by atoms with van der Waals surface area (Å²) in [6.07, 6.45) is 3.43. The van der Waals surface area contributed by atoms with Crippen LogP contribution in [0.15, 0.2) is 53.2 Å². The average molecular weight is 363 g/mol. The maximum atomic E-state index is 12.2. The first-order chi connectivity index (χ1) is 12.9. The number of allylic oxidation sites excluding steroid dienone is 1. The van der Waals surface area contributed by atoms with Crippen molar-refractivity contribution in [2.75, 3.05) is 20.7 Å². The molecule has 4 nitrogen and oxygen atoms in total. The van der Waals surface area contributed by atoms with Crippen LogP contribution in [0.3, 0.4) is 0 Å². The molecule has 0 radical (unpaired) electrons. The lowest BCUT2D eigenvalue weighted by Crippen LogP contribution is -2.19. The summed E-state index contributed by atoms with van der Waals surface area (Å²) in [6, 6.07) is 12.2. The van der Waals surface area contributed by atoms with Gasteiger partial charge in [0.05, 0.1) is 12.9 Å². The zero-order valence-electron chi connectivity index (χ0n) is 16.5. The molecule has 1 amide bonds. The van der Waals surface area contributed by atoms with E-state index in [1.807, 2.05) is 39.0 Å². The quantitative estimate of drug-likeness (QED) is 0.578. The van der Waals surface area contributed by atoms with E-state index in [-0.39, 0.29) is 5.91 Å². The molecule has 0 fully saturated rings. The average Bonchev–Trinajstić information content (AvgIpc) is 3.08. The van der Waals surface area contributed by atoms with Gasteiger partial charge in [-0.2, -0.15) is 0 Å². The summed E-state index contributed by atoms with van der Waals surface area (Å²) >= 11 is 0. The molecular formula is C23H25NO3. The summed E-state index contributed by atoms with van der Waals surface area (Å²) in [5.74, 6) is 0.711. The number of hydrogen-bond acceptors (Lipinski definition) is 3. The molecule has 0 aliphatic carbocycles. The van der Waals surface area contributed by atoms with E-state index in [1.165, 1.54) is 0 Å². The minimum atomic E-state index is -0.0526. The third-order valence-corrected chi connectivity index (χ3v) is 4.62. The highest BCUT2D eigenvalue weighted by Gasteiger charge is 2.19. The first-order valence-corrected chi connectivity index (χ1v) is 9.07. The molecule has 2 aromatic carbocycles. The molecule has 27 heavy (non-hydrogen) atoms. The van der Waals surface area contributed by atoms with Crippen molar-refractivity contribution in [3.05, 3.63) is 59.9 Å². The van der Waals surface area contributed by atoms with Crippen molar-refractivity contribution in [2.45, 2.75) is 20.8 Å². The van der Waals surface area contributed by atoms with E-state index in [0.717, 1.165) is 44.5 Å². The third-order valence-electron chi connectivity index (χ3n) is 4.62. The molecule has 1 aromatic heterocycles. The number of benzene rings is 2. The lowest BCUT2D eigenvalue weighted by atomic mass is 9.96. The maximum Gasteiger partial charge on any atom is 0.246 e. The number of hydrogen-bond donors (Lipinski definition) is 0. The number of nitrogens with zero attached hydrogens (tertiary/aromatic N) is 1. The molecule has 3 aromatic rings. The van der Waals surface area contributed by atoms with E-state index in [4.69, 9.17) is 9.15 Å². The highest BCUT2D eigenvalue weighted by atomic mass is 16.5. The van der Waals surface area contributed by atoms with Gasteiger partial charge in [0.2, 0.25) is 5.91 Å². The largest absolute Gasteiger partial charge is 0.493 e. The molecule has 0 atom stereocenters. The van der Waals surface area contributed by atoms with Crippen LogP contribution < -0.4 is 4.74 Å². The van der Waals surface area contributed by atoms with E-state index in [9.17, 15) is 4.79 Å². The maximum absolute atomic E-state index is 12.2. The molecule has 1 heterocycles. The number of carbonyl (C=O) groups excluding carboxylic acids is 1. The van der Waals surface area contributed by atoms with Crippen molar-refractivity contribution in [1.82, 2.24) is 4.90 Å². The van der Waals surface area contributed by atoms with Gasteiger partial charge >= 0.3 is 0 Å². The Balaban J connectivity index is 2.25. The smallest absolute Gasteiger partial charge is 0.246 e. The second-order valence-electron chi connectivity index (χ2n) is 6.76. The Bertz CT molecular complexity index is 997. The highest BCUT2D eigenvalue weighted by molar-refractivity contribution is 6.01. The summed E-state index contributed by atoms with van der Waals surface area (Å²) in [7, 11) is 3.49.